The number of fused-ring (bicyclic) bond motifs is 1. The minimum Gasteiger partial charge on any atom is -0.421 e. The van der Waals surface area contributed by atoms with Gasteiger partial charge in [-0.2, -0.15) is 15.1 Å². The van der Waals surface area contributed by atoms with Gasteiger partial charge in [-0.25, -0.2) is 4.39 Å². The van der Waals surface area contributed by atoms with Crippen LogP contribution in [0, 0.1) is 12.7 Å². The summed E-state index contributed by atoms with van der Waals surface area (Å²) >= 11 is 0. The summed E-state index contributed by atoms with van der Waals surface area (Å²) in [6, 6.07) is 8.75. The largest absolute Gasteiger partial charge is 0.421 e. The molecular weight excluding hydrogens is 451 g/mol. The third-order valence-electron chi connectivity index (χ3n) is 5.83. The summed E-state index contributed by atoms with van der Waals surface area (Å²) in [6.07, 6.45) is 3.82. The molecule has 11 heteroatoms. The van der Waals surface area contributed by atoms with Crippen molar-refractivity contribution in [3.63, 3.8) is 0 Å². The van der Waals surface area contributed by atoms with Crippen molar-refractivity contribution in [3.8, 4) is 11.8 Å². The van der Waals surface area contributed by atoms with Crippen molar-refractivity contribution in [1.82, 2.24) is 30.0 Å². The fourth-order valence-corrected chi connectivity index (χ4v) is 4.06. The molecule has 0 spiro atoms. The molecule has 1 aliphatic rings. The number of halogens is 1. The highest BCUT2D eigenvalue weighted by Gasteiger charge is 2.20. The van der Waals surface area contributed by atoms with E-state index in [1.165, 1.54) is 0 Å². The number of hydrogen-bond donors (Lipinski definition) is 4. The predicted molar refractivity (Wildman–Crippen MR) is 133 cm³/mol. The molecule has 5 rings (SSSR count). The standard InChI is InChI=1S/C24H27FN8O2/c1-3-4-16-12-21(31-30-16)27-20-13-22(33-9-7-32(14-34)8-10-33)29-24(28-20)35-19-6-5-18-17(23(19)25)11-15(2)26-18/h3-6,11-13,26,34H,7-10,14H2,1-2H3,(H2,27,28,29,30,31)/b4-3+. The Morgan fingerprint density at radius 3 is 2.74 bits per heavy atom. The van der Waals surface area contributed by atoms with Crippen molar-refractivity contribution in [2.45, 2.75) is 13.8 Å². The molecule has 4 aromatic rings. The summed E-state index contributed by atoms with van der Waals surface area (Å²) in [7, 11) is 0. The number of aromatic nitrogens is 5. The van der Waals surface area contributed by atoms with Crippen molar-refractivity contribution >= 4 is 34.4 Å². The lowest BCUT2D eigenvalue weighted by Gasteiger charge is -2.34. The van der Waals surface area contributed by atoms with Gasteiger partial charge in [-0.05, 0) is 38.1 Å². The molecule has 0 atom stereocenters. The Morgan fingerprint density at radius 1 is 1.14 bits per heavy atom. The van der Waals surface area contributed by atoms with Crippen molar-refractivity contribution in [1.29, 1.82) is 0 Å². The summed E-state index contributed by atoms with van der Waals surface area (Å²) in [5.74, 6) is 1.25. The van der Waals surface area contributed by atoms with Gasteiger partial charge in [0, 0.05) is 54.9 Å². The topological polar surface area (TPSA) is 118 Å². The zero-order valence-corrected chi connectivity index (χ0v) is 19.5. The average molecular weight is 479 g/mol. The van der Waals surface area contributed by atoms with E-state index in [0.717, 1.165) is 11.4 Å². The second-order valence-electron chi connectivity index (χ2n) is 8.37. The maximum Gasteiger partial charge on any atom is 0.326 e. The molecule has 0 unspecified atom stereocenters. The first-order valence-corrected chi connectivity index (χ1v) is 11.4. The number of aliphatic hydroxyl groups excluding tert-OH is 1. The molecule has 3 aromatic heterocycles. The number of ether oxygens (including phenoxy) is 1. The zero-order valence-electron chi connectivity index (χ0n) is 19.5. The van der Waals surface area contributed by atoms with Gasteiger partial charge in [0.2, 0.25) is 0 Å². The van der Waals surface area contributed by atoms with Crippen LogP contribution < -0.4 is 15.0 Å². The van der Waals surface area contributed by atoms with E-state index in [1.54, 1.807) is 24.3 Å². The van der Waals surface area contributed by atoms with Gasteiger partial charge in [-0.3, -0.25) is 10.00 Å². The molecule has 10 nitrogen and oxygen atoms in total. The molecule has 1 saturated heterocycles. The van der Waals surface area contributed by atoms with Crippen LogP contribution in [0.2, 0.25) is 0 Å². The molecule has 182 valence electrons. The van der Waals surface area contributed by atoms with Crippen LogP contribution in [-0.2, 0) is 0 Å². The van der Waals surface area contributed by atoms with Gasteiger partial charge in [-0.1, -0.05) is 6.08 Å². The quantitative estimate of drug-likeness (QED) is 0.317. The van der Waals surface area contributed by atoms with E-state index in [2.05, 4.69) is 35.4 Å². The first kappa shape index (κ1) is 22.8. The van der Waals surface area contributed by atoms with Gasteiger partial charge in [0.15, 0.2) is 17.4 Å². The summed E-state index contributed by atoms with van der Waals surface area (Å²) in [4.78, 5) is 16.2. The van der Waals surface area contributed by atoms with Crippen LogP contribution in [0.25, 0.3) is 17.0 Å². The van der Waals surface area contributed by atoms with Gasteiger partial charge >= 0.3 is 6.01 Å². The summed E-state index contributed by atoms with van der Waals surface area (Å²) < 4.78 is 21.0. The Morgan fingerprint density at radius 2 is 1.97 bits per heavy atom. The van der Waals surface area contributed by atoms with Crippen LogP contribution in [0.1, 0.15) is 18.3 Å². The van der Waals surface area contributed by atoms with Crippen LogP contribution >= 0.6 is 0 Å². The number of aromatic amines is 2. The van der Waals surface area contributed by atoms with E-state index in [4.69, 9.17) is 4.74 Å². The van der Waals surface area contributed by atoms with Gasteiger partial charge in [0.1, 0.15) is 11.6 Å². The molecule has 4 N–H and O–H groups in total. The fourth-order valence-electron chi connectivity index (χ4n) is 4.06. The lowest BCUT2D eigenvalue weighted by molar-refractivity contribution is 0.102. The van der Waals surface area contributed by atoms with E-state index in [1.807, 2.05) is 37.0 Å². The monoisotopic (exact) mass is 478 g/mol. The molecule has 1 aliphatic heterocycles. The fraction of sp³-hybridized carbons (Fsp3) is 0.292. The molecular formula is C24H27FN8O2. The second-order valence-corrected chi connectivity index (χ2v) is 8.37. The van der Waals surface area contributed by atoms with Crippen molar-refractivity contribution in [2.24, 2.45) is 0 Å². The molecule has 0 aliphatic carbocycles. The predicted octanol–water partition coefficient (Wildman–Crippen LogP) is 3.77. The number of nitrogens with zero attached hydrogens (tertiary/aromatic N) is 5. The number of hydrogen-bond acceptors (Lipinski definition) is 8. The Kier molecular flexibility index (Phi) is 6.34. The highest BCUT2D eigenvalue weighted by Crippen LogP contribution is 2.31. The number of anilines is 3. The molecule has 35 heavy (non-hydrogen) atoms. The Hall–Kier alpha value is -3.96. The number of nitrogens with one attached hydrogen (secondary N) is 3. The molecule has 0 amide bonds. The van der Waals surface area contributed by atoms with Gasteiger partial charge in [-0.15, -0.1) is 0 Å². The van der Waals surface area contributed by atoms with Gasteiger partial charge < -0.3 is 25.0 Å². The number of allylic oxidation sites excluding steroid dienone is 1. The lowest BCUT2D eigenvalue weighted by atomic mass is 10.2. The number of H-pyrrole nitrogens is 2. The normalized spacial score (nSPS) is 14.8. The lowest BCUT2D eigenvalue weighted by Crippen LogP contribution is -2.46. The maximum absolute atomic E-state index is 15.2. The molecule has 1 aromatic carbocycles. The van der Waals surface area contributed by atoms with Crippen LogP contribution in [0.5, 0.6) is 11.8 Å². The zero-order chi connectivity index (χ0) is 24.4. The molecule has 0 radical (unpaired) electrons. The van der Waals surface area contributed by atoms with E-state index < -0.39 is 5.82 Å². The first-order chi connectivity index (χ1) is 17.0. The molecule has 0 saturated carbocycles. The SMILES string of the molecule is C/C=C/c1cc(Nc2cc(N3CCN(CO)CC3)nc(Oc3ccc4[nH]c(C)cc4c3F)n2)n[nH]1. The Balaban J connectivity index is 1.47. The summed E-state index contributed by atoms with van der Waals surface area (Å²) in [5.41, 5.74) is 2.40. The van der Waals surface area contributed by atoms with E-state index in [0.29, 0.717) is 54.5 Å². The number of aryl methyl sites for hydroxylation is 1. The Bertz CT molecular complexity index is 1360. The molecule has 1 fully saturated rings. The van der Waals surface area contributed by atoms with Crippen molar-refractivity contribution < 1.29 is 14.2 Å². The number of benzene rings is 1. The number of aliphatic hydroxyl groups is 1. The third-order valence-corrected chi connectivity index (χ3v) is 5.83. The van der Waals surface area contributed by atoms with E-state index in [9.17, 15) is 5.11 Å². The van der Waals surface area contributed by atoms with Crippen LogP contribution in [-0.4, -0.2) is 68.1 Å². The first-order valence-electron chi connectivity index (χ1n) is 11.4. The minimum absolute atomic E-state index is 0.0179. The molecule has 4 heterocycles. The van der Waals surface area contributed by atoms with E-state index >= 15 is 4.39 Å². The number of rotatable bonds is 7. The second kappa shape index (κ2) is 9.72. The van der Waals surface area contributed by atoms with Crippen LogP contribution in [0.15, 0.2) is 36.4 Å². The number of piperazine rings is 1. The highest BCUT2D eigenvalue weighted by atomic mass is 19.1. The summed E-state index contributed by atoms with van der Waals surface area (Å²) in [5, 5.41) is 20.2. The summed E-state index contributed by atoms with van der Waals surface area (Å²) in [6.45, 7) is 6.56. The van der Waals surface area contributed by atoms with Crippen LogP contribution in [0.4, 0.5) is 21.8 Å². The Labute approximate surface area is 201 Å². The smallest absolute Gasteiger partial charge is 0.326 e. The van der Waals surface area contributed by atoms with Gasteiger partial charge in [0.05, 0.1) is 12.4 Å². The highest BCUT2D eigenvalue weighted by molar-refractivity contribution is 5.82. The minimum atomic E-state index is -0.477. The molecule has 0 bridgehead atoms. The maximum atomic E-state index is 15.2. The third kappa shape index (κ3) is 4.96. The van der Waals surface area contributed by atoms with Crippen LogP contribution in [0.3, 0.4) is 0 Å². The van der Waals surface area contributed by atoms with Crippen molar-refractivity contribution in [3.05, 3.63) is 53.6 Å². The van der Waals surface area contributed by atoms with Gasteiger partial charge in [0.25, 0.3) is 0 Å². The van der Waals surface area contributed by atoms with E-state index in [-0.39, 0.29) is 18.5 Å². The average Bonchev–Trinajstić information content (AvgIpc) is 3.47. The van der Waals surface area contributed by atoms with Crippen molar-refractivity contribution in [2.75, 3.05) is 43.1 Å².